The molecule has 20 heavy (non-hydrogen) atoms. The Morgan fingerprint density at radius 1 is 1.15 bits per heavy atom. The molecule has 0 radical (unpaired) electrons. The topological polar surface area (TPSA) is 47.3 Å². The number of nitrogens with one attached hydrogen (secondary N) is 1. The van der Waals surface area contributed by atoms with Crippen molar-refractivity contribution < 1.29 is 9.13 Å². The summed E-state index contributed by atoms with van der Waals surface area (Å²) >= 11 is 0. The van der Waals surface area contributed by atoms with Crippen LogP contribution in [0.5, 0.6) is 5.75 Å². The van der Waals surface area contributed by atoms with E-state index in [9.17, 15) is 4.39 Å². The van der Waals surface area contributed by atoms with Gasteiger partial charge in [0.1, 0.15) is 11.6 Å². The molecule has 2 aromatic carbocycles. The van der Waals surface area contributed by atoms with Crippen LogP contribution in [0.3, 0.4) is 0 Å². The summed E-state index contributed by atoms with van der Waals surface area (Å²) in [5.74, 6) is 6.20. The smallest absolute Gasteiger partial charge is 0.123 e. The SMILES string of the molecule is COc1ccc(C(NN)c2cc(C)cc(F)c2)c(C)c1. The van der Waals surface area contributed by atoms with E-state index in [2.05, 4.69) is 5.43 Å². The molecule has 4 heteroatoms. The lowest BCUT2D eigenvalue weighted by Crippen LogP contribution is -2.29. The number of hydrogen-bond donors (Lipinski definition) is 2. The number of hydrogen-bond acceptors (Lipinski definition) is 3. The quantitative estimate of drug-likeness (QED) is 0.665. The fourth-order valence-corrected chi connectivity index (χ4v) is 2.40. The highest BCUT2D eigenvalue weighted by atomic mass is 19.1. The predicted octanol–water partition coefficient (Wildman–Crippen LogP) is 3.00. The van der Waals surface area contributed by atoms with Gasteiger partial charge in [0.15, 0.2) is 0 Å². The summed E-state index contributed by atoms with van der Waals surface area (Å²) in [6, 6.07) is 10.4. The fourth-order valence-electron chi connectivity index (χ4n) is 2.40. The Bertz CT molecular complexity index is 593. The lowest BCUT2D eigenvalue weighted by atomic mass is 9.94. The molecule has 0 saturated carbocycles. The van der Waals surface area contributed by atoms with E-state index in [1.54, 1.807) is 7.11 Å². The van der Waals surface area contributed by atoms with Gasteiger partial charge in [-0.25, -0.2) is 9.82 Å². The predicted molar refractivity (Wildman–Crippen MR) is 78.0 cm³/mol. The minimum absolute atomic E-state index is 0.254. The maximum absolute atomic E-state index is 13.6. The van der Waals surface area contributed by atoms with Crippen LogP contribution in [0.1, 0.15) is 28.3 Å². The molecule has 3 nitrogen and oxygen atoms in total. The van der Waals surface area contributed by atoms with Gasteiger partial charge in [-0.05, 0) is 60.4 Å². The largest absolute Gasteiger partial charge is 0.497 e. The first-order valence-corrected chi connectivity index (χ1v) is 6.43. The zero-order chi connectivity index (χ0) is 14.7. The molecule has 1 atom stereocenters. The first-order valence-electron chi connectivity index (χ1n) is 6.43. The molecule has 0 amide bonds. The molecule has 0 saturated heterocycles. The van der Waals surface area contributed by atoms with Crippen LogP contribution in [0.2, 0.25) is 0 Å². The normalized spacial score (nSPS) is 12.2. The number of halogens is 1. The van der Waals surface area contributed by atoms with E-state index in [1.807, 2.05) is 38.1 Å². The van der Waals surface area contributed by atoms with Crippen molar-refractivity contribution in [3.8, 4) is 5.75 Å². The van der Waals surface area contributed by atoms with Gasteiger partial charge in [0, 0.05) is 0 Å². The monoisotopic (exact) mass is 274 g/mol. The summed E-state index contributed by atoms with van der Waals surface area (Å²) in [4.78, 5) is 0. The van der Waals surface area contributed by atoms with E-state index in [4.69, 9.17) is 10.6 Å². The van der Waals surface area contributed by atoms with Gasteiger partial charge in [0.25, 0.3) is 0 Å². The Labute approximate surface area is 118 Å². The number of benzene rings is 2. The third kappa shape index (κ3) is 2.98. The van der Waals surface area contributed by atoms with E-state index in [0.717, 1.165) is 28.0 Å². The number of ether oxygens (including phenoxy) is 1. The molecular weight excluding hydrogens is 255 g/mol. The summed E-state index contributed by atoms with van der Waals surface area (Å²) in [6.45, 7) is 3.84. The van der Waals surface area contributed by atoms with Gasteiger partial charge in [-0.2, -0.15) is 0 Å². The zero-order valence-electron chi connectivity index (χ0n) is 11.9. The second-order valence-corrected chi connectivity index (χ2v) is 4.88. The Morgan fingerprint density at radius 2 is 1.90 bits per heavy atom. The molecule has 0 aromatic heterocycles. The van der Waals surface area contributed by atoms with Gasteiger partial charge < -0.3 is 4.74 Å². The lowest BCUT2D eigenvalue weighted by Gasteiger charge is -2.20. The van der Waals surface area contributed by atoms with Crippen LogP contribution in [-0.4, -0.2) is 7.11 Å². The molecule has 0 aliphatic carbocycles. The first kappa shape index (κ1) is 14.5. The molecule has 0 spiro atoms. The highest BCUT2D eigenvalue weighted by molar-refractivity contribution is 5.42. The van der Waals surface area contributed by atoms with Gasteiger partial charge in [-0.15, -0.1) is 0 Å². The van der Waals surface area contributed by atoms with Gasteiger partial charge in [0.2, 0.25) is 0 Å². The van der Waals surface area contributed by atoms with Crippen LogP contribution in [0.25, 0.3) is 0 Å². The van der Waals surface area contributed by atoms with Crippen LogP contribution >= 0.6 is 0 Å². The Morgan fingerprint density at radius 3 is 2.45 bits per heavy atom. The van der Waals surface area contributed by atoms with Crippen LogP contribution < -0.4 is 16.0 Å². The lowest BCUT2D eigenvalue weighted by molar-refractivity contribution is 0.414. The maximum Gasteiger partial charge on any atom is 0.123 e. The molecule has 2 rings (SSSR count). The Balaban J connectivity index is 2.46. The number of nitrogens with two attached hydrogens (primary N) is 1. The minimum atomic E-state index is -0.258. The molecule has 0 fully saturated rings. The summed E-state index contributed by atoms with van der Waals surface area (Å²) in [6.07, 6.45) is 0. The molecule has 106 valence electrons. The molecule has 0 aliphatic rings. The van der Waals surface area contributed by atoms with E-state index in [0.29, 0.717) is 0 Å². The summed E-state index contributed by atoms with van der Waals surface area (Å²) in [7, 11) is 1.63. The number of methoxy groups -OCH3 is 1. The molecular formula is C16H19FN2O. The van der Waals surface area contributed by atoms with Crippen molar-refractivity contribution in [1.29, 1.82) is 0 Å². The van der Waals surface area contributed by atoms with Crippen LogP contribution in [0.4, 0.5) is 4.39 Å². The van der Waals surface area contributed by atoms with Crippen molar-refractivity contribution in [3.05, 3.63) is 64.5 Å². The molecule has 1 unspecified atom stereocenters. The second-order valence-electron chi connectivity index (χ2n) is 4.88. The van der Waals surface area contributed by atoms with Crippen molar-refractivity contribution in [2.24, 2.45) is 5.84 Å². The first-order chi connectivity index (χ1) is 9.55. The van der Waals surface area contributed by atoms with Crippen molar-refractivity contribution in [1.82, 2.24) is 5.43 Å². The van der Waals surface area contributed by atoms with Crippen molar-refractivity contribution >= 4 is 0 Å². The average Bonchev–Trinajstić information content (AvgIpc) is 2.40. The third-order valence-electron chi connectivity index (χ3n) is 3.35. The van der Waals surface area contributed by atoms with Gasteiger partial charge in [-0.3, -0.25) is 5.84 Å². The third-order valence-corrected chi connectivity index (χ3v) is 3.35. The van der Waals surface area contributed by atoms with E-state index in [1.165, 1.54) is 12.1 Å². The van der Waals surface area contributed by atoms with Gasteiger partial charge in [-0.1, -0.05) is 12.1 Å². The fraction of sp³-hybridized carbons (Fsp3) is 0.250. The number of hydrazine groups is 1. The Kier molecular flexibility index (Phi) is 4.37. The molecule has 3 N–H and O–H groups in total. The van der Waals surface area contributed by atoms with E-state index >= 15 is 0 Å². The Hall–Kier alpha value is -1.91. The standard InChI is InChI=1S/C16H19FN2O/c1-10-6-12(9-13(17)7-10)16(19-18)15-5-4-14(20-3)8-11(15)2/h4-9,16,19H,18H2,1-3H3. The van der Waals surface area contributed by atoms with E-state index < -0.39 is 0 Å². The molecule has 0 bridgehead atoms. The van der Waals surface area contributed by atoms with Crippen LogP contribution in [-0.2, 0) is 0 Å². The van der Waals surface area contributed by atoms with Crippen molar-refractivity contribution in [2.45, 2.75) is 19.9 Å². The maximum atomic E-state index is 13.6. The second kappa shape index (κ2) is 6.03. The minimum Gasteiger partial charge on any atom is -0.497 e. The van der Waals surface area contributed by atoms with Crippen molar-refractivity contribution in [3.63, 3.8) is 0 Å². The van der Waals surface area contributed by atoms with E-state index in [-0.39, 0.29) is 11.9 Å². The van der Waals surface area contributed by atoms with Gasteiger partial charge >= 0.3 is 0 Å². The summed E-state index contributed by atoms with van der Waals surface area (Å²) in [5, 5.41) is 0. The number of rotatable bonds is 4. The van der Waals surface area contributed by atoms with Crippen LogP contribution in [0, 0.1) is 19.7 Å². The molecule has 0 heterocycles. The number of aryl methyl sites for hydroxylation is 2. The van der Waals surface area contributed by atoms with Crippen molar-refractivity contribution in [2.75, 3.05) is 7.11 Å². The van der Waals surface area contributed by atoms with Crippen LogP contribution in [0.15, 0.2) is 36.4 Å². The van der Waals surface area contributed by atoms with Gasteiger partial charge in [0.05, 0.1) is 13.2 Å². The highest BCUT2D eigenvalue weighted by Gasteiger charge is 2.16. The average molecular weight is 274 g/mol. The summed E-state index contributed by atoms with van der Waals surface area (Å²) in [5.41, 5.74) is 6.47. The summed E-state index contributed by atoms with van der Waals surface area (Å²) < 4.78 is 18.8. The zero-order valence-corrected chi connectivity index (χ0v) is 11.9. The highest BCUT2D eigenvalue weighted by Crippen LogP contribution is 2.28. The molecule has 2 aromatic rings. The molecule has 0 aliphatic heterocycles.